The predicted molar refractivity (Wildman–Crippen MR) is 81.7 cm³/mol. The summed E-state index contributed by atoms with van der Waals surface area (Å²) in [7, 11) is 0. The van der Waals surface area contributed by atoms with Crippen LogP contribution in [0.2, 0.25) is 0 Å². The first-order chi connectivity index (χ1) is 9.08. The van der Waals surface area contributed by atoms with Crippen LogP contribution in [0.1, 0.15) is 30.9 Å². The monoisotopic (exact) mass is 253 g/mol. The molecule has 1 aromatic carbocycles. The summed E-state index contributed by atoms with van der Waals surface area (Å²) in [5.41, 5.74) is 10.1. The Morgan fingerprint density at radius 2 is 2.16 bits per heavy atom. The van der Waals surface area contributed by atoms with E-state index in [1.165, 1.54) is 16.7 Å². The molecule has 1 aliphatic rings. The molecule has 2 N–H and O–H groups in total. The van der Waals surface area contributed by atoms with Crippen molar-refractivity contribution < 1.29 is 0 Å². The molecule has 1 aliphatic carbocycles. The van der Waals surface area contributed by atoms with Gasteiger partial charge in [-0.15, -0.1) is 0 Å². The molecule has 0 aliphatic heterocycles. The fraction of sp³-hybridized carbons (Fsp3) is 0.444. The van der Waals surface area contributed by atoms with E-state index >= 15 is 0 Å². The van der Waals surface area contributed by atoms with Gasteiger partial charge >= 0.3 is 0 Å². The summed E-state index contributed by atoms with van der Waals surface area (Å²) in [4.78, 5) is 0. The molecule has 0 bridgehead atoms. The second-order valence-corrected chi connectivity index (χ2v) is 5.62. The zero-order chi connectivity index (χ0) is 13.8. The van der Waals surface area contributed by atoms with Crippen LogP contribution in [-0.2, 0) is 6.42 Å². The van der Waals surface area contributed by atoms with Crippen molar-refractivity contribution in [2.75, 3.05) is 0 Å². The van der Waals surface area contributed by atoms with Gasteiger partial charge in [0.2, 0.25) is 0 Å². The zero-order valence-corrected chi connectivity index (χ0v) is 11.9. The van der Waals surface area contributed by atoms with Crippen LogP contribution in [0.25, 0.3) is 0 Å². The van der Waals surface area contributed by atoms with Crippen molar-refractivity contribution in [3.05, 3.63) is 47.5 Å². The normalized spacial score (nSPS) is 23.8. The first-order valence-electron chi connectivity index (χ1n) is 7.06. The van der Waals surface area contributed by atoms with Crippen molar-refractivity contribution in [1.82, 2.24) is 0 Å². The summed E-state index contributed by atoms with van der Waals surface area (Å²) in [6.45, 7) is 8.44. The van der Waals surface area contributed by atoms with Crippen molar-refractivity contribution in [2.45, 2.75) is 39.2 Å². The van der Waals surface area contributed by atoms with Crippen molar-refractivity contribution in [3.63, 3.8) is 0 Å². The van der Waals surface area contributed by atoms with Gasteiger partial charge in [0.25, 0.3) is 0 Å². The lowest BCUT2D eigenvalue weighted by atomic mass is 9.95. The van der Waals surface area contributed by atoms with Gasteiger partial charge in [-0.1, -0.05) is 55.2 Å². The van der Waals surface area contributed by atoms with Crippen LogP contribution in [-0.4, -0.2) is 6.04 Å². The van der Waals surface area contributed by atoms with Crippen molar-refractivity contribution in [3.8, 4) is 11.8 Å². The van der Waals surface area contributed by atoms with Crippen LogP contribution < -0.4 is 5.73 Å². The molecule has 0 saturated heterocycles. The van der Waals surface area contributed by atoms with E-state index in [4.69, 9.17) is 5.73 Å². The van der Waals surface area contributed by atoms with Gasteiger partial charge in [0.05, 0.1) is 6.04 Å². The number of aryl methyl sites for hydroxylation is 1. The SMILES string of the molecule is C=C1CCC(C#CC(N)Cc2ccccc2C)C1C. The third kappa shape index (κ3) is 3.49. The molecule has 0 spiro atoms. The third-order valence-electron chi connectivity index (χ3n) is 4.18. The van der Waals surface area contributed by atoms with Crippen molar-refractivity contribution >= 4 is 0 Å². The minimum Gasteiger partial charge on any atom is -0.317 e. The molecule has 2 rings (SSSR count). The maximum Gasteiger partial charge on any atom is 0.0705 e. The van der Waals surface area contributed by atoms with E-state index in [1.54, 1.807) is 0 Å². The smallest absolute Gasteiger partial charge is 0.0705 e. The van der Waals surface area contributed by atoms with E-state index in [-0.39, 0.29) is 6.04 Å². The average molecular weight is 253 g/mol. The maximum atomic E-state index is 6.14. The van der Waals surface area contributed by atoms with E-state index in [1.807, 2.05) is 0 Å². The summed E-state index contributed by atoms with van der Waals surface area (Å²) in [6, 6.07) is 8.31. The Morgan fingerprint density at radius 1 is 1.42 bits per heavy atom. The molecule has 1 saturated carbocycles. The fourth-order valence-corrected chi connectivity index (χ4v) is 2.64. The largest absolute Gasteiger partial charge is 0.317 e. The molecule has 100 valence electrons. The molecule has 1 heteroatoms. The third-order valence-corrected chi connectivity index (χ3v) is 4.18. The standard InChI is InChI=1S/C18H23N/c1-13-8-9-16(15(13)3)10-11-18(19)12-17-7-5-4-6-14(17)2/h4-7,15-16,18H,1,8-9,12,19H2,2-3H3. The molecule has 1 fully saturated rings. The summed E-state index contributed by atoms with van der Waals surface area (Å²) >= 11 is 0. The Hall–Kier alpha value is -1.52. The molecule has 0 heterocycles. The molecule has 1 nitrogen and oxygen atoms in total. The van der Waals surface area contributed by atoms with Crippen LogP contribution in [0.5, 0.6) is 0 Å². The molecule has 19 heavy (non-hydrogen) atoms. The van der Waals surface area contributed by atoms with E-state index < -0.39 is 0 Å². The second-order valence-electron chi connectivity index (χ2n) is 5.62. The lowest BCUT2D eigenvalue weighted by Gasteiger charge is -2.10. The van der Waals surface area contributed by atoms with Gasteiger partial charge in [-0.2, -0.15) is 0 Å². The number of hydrogen-bond donors (Lipinski definition) is 1. The lowest BCUT2D eigenvalue weighted by Crippen LogP contribution is -2.21. The maximum absolute atomic E-state index is 6.14. The van der Waals surface area contributed by atoms with Crippen molar-refractivity contribution in [2.24, 2.45) is 17.6 Å². The van der Waals surface area contributed by atoms with Gasteiger partial charge in [0.1, 0.15) is 0 Å². The van der Waals surface area contributed by atoms with E-state index in [9.17, 15) is 0 Å². The van der Waals surface area contributed by atoms with Crippen LogP contribution in [0.3, 0.4) is 0 Å². The highest BCUT2D eigenvalue weighted by Gasteiger charge is 2.24. The second kappa shape index (κ2) is 6.08. The Bertz CT molecular complexity index is 518. The number of nitrogens with two attached hydrogens (primary N) is 1. The molecule has 0 aromatic heterocycles. The summed E-state index contributed by atoms with van der Waals surface area (Å²) in [5.74, 6) is 7.58. The molecule has 1 aromatic rings. The number of hydrogen-bond acceptors (Lipinski definition) is 1. The predicted octanol–water partition coefficient (Wildman–Crippen LogP) is 3.47. The number of rotatable bonds is 2. The van der Waals surface area contributed by atoms with Gasteiger partial charge in [-0.25, -0.2) is 0 Å². The Labute approximate surface area is 116 Å². The average Bonchev–Trinajstić information content (AvgIpc) is 2.70. The van der Waals surface area contributed by atoms with Crippen LogP contribution >= 0.6 is 0 Å². The van der Waals surface area contributed by atoms with Gasteiger partial charge in [0.15, 0.2) is 0 Å². The minimum atomic E-state index is -0.0674. The minimum absolute atomic E-state index is 0.0674. The highest BCUT2D eigenvalue weighted by atomic mass is 14.6. The molecule has 3 atom stereocenters. The molecule has 3 unspecified atom stereocenters. The van der Waals surface area contributed by atoms with E-state index in [0.29, 0.717) is 11.8 Å². The van der Waals surface area contributed by atoms with Crippen LogP contribution in [0, 0.1) is 30.6 Å². The van der Waals surface area contributed by atoms with Gasteiger partial charge in [-0.3, -0.25) is 0 Å². The summed E-state index contributed by atoms with van der Waals surface area (Å²) < 4.78 is 0. The quantitative estimate of drug-likeness (QED) is 0.634. The fourth-order valence-electron chi connectivity index (χ4n) is 2.64. The van der Waals surface area contributed by atoms with Crippen LogP contribution in [0.15, 0.2) is 36.4 Å². The zero-order valence-electron chi connectivity index (χ0n) is 11.9. The molecule has 0 radical (unpaired) electrons. The highest BCUT2D eigenvalue weighted by Crippen LogP contribution is 2.34. The highest BCUT2D eigenvalue weighted by molar-refractivity contribution is 5.28. The topological polar surface area (TPSA) is 26.0 Å². The van der Waals surface area contributed by atoms with Crippen molar-refractivity contribution in [1.29, 1.82) is 0 Å². The van der Waals surface area contributed by atoms with Crippen LogP contribution in [0.4, 0.5) is 0 Å². The van der Waals surface area contributed by atoms with Gasteiger partial charge < -0.3 is 5.73 Å². The Kier molecular flexibility index (Phi) is 4.45. The number of benzene rings is 1. The van der Waals surface area contributed by atoms with Gasteiger partial charge in [-0.05, 0) is 43.2 Å². The molecular formula is C18H23N. The summed E-state index contributed by atoms with van der Waals surface area (Å²) in [5, 5.41) is 0. The summed E-state index contributed by atoms with van der Waals surface area (Å²) in [6.07, 6.45) is 3.10. The Morgan fingerprint density at radius 3 is 2.79 bits per heavy atom. The Balaban J connectivity index is 1.97. The molecule has 0 amide bonds. The first-order valence-corrected chi connectivity index (χ1v) is 7.06. The number of allylic oxidation sites excluding steroid dienone is 1. The first kappa shape index (κ1) is 13.9. The molecular weight excluding hydrogens is 230 g/mol. The van der Waals surface area contributed by atoms with Gasteiger partial charge in [0, 0.05) is 5.92 Å². The lowest BCUT2D eigenvalue weighted by molar-refractivity contribution is 0.567. The van der Waals surface area contributed by atoms with E-state index in [0.717, 1.165) is 19.3 Å². The van der Waals surface area contributed by atoms with E-state index in [2.05, 4.69) is 56.5 Å².